The van der Waals surface area contributed by atoms with E-state index in [9.17, 15) is 10.1 Å². The van der Waals surface area contributed by atoms with E-state index in [1.807, 2.05) is 20.8 Å². The number of nitrogens with two attached hydrogens (primary N) is 1. The summed E-state index contributed by atoms with van der Waals surface area (Å²) in [6, 6.07) is 10.4. The van der Waals surface area contributed by atoms with Crippen molar-refractivity contribution >= 4 is 28.9 Å². The van der Waals surface area contributed by atoms with E-state index < -0.39 is 6.03 Å². The summed E-state index contributed by atoms with van der Waals surface area (Å²) < 4.78 is 6.69. The molecule has 0 fully saturated rings. The fourth-order valence-corrected chi connectivity index (χ4v) is 3.09. The van der Waals surface area contributed by atoms with Gasteiger partial charge in [-0.05, 0) is 17.7 Å². The third-order valence-corrected chi connectivity index (χ3v) is 4.67. The van der Waals surface area contributed by atoms with Gasteiger partial charge in [0, 0.05) is 28.9 Å². The average molecular weight is 416 g/mol. The van der Waals surface area contributed by atoms with E-state index in [1.165, 1.54) is 10.8 Å². The lowest BCUT2D eigenvalue weighted by Crippen LogP contribution is -2.19. The van der Waals surface area contributed by atoms with Crippen LogP contribution in [0, 0.1) is 11.3 Å². The number of hydrogen-bond acceptors (Lipinski definition) is 7. The molecule has 31 heavy (non-hydrogen) atoms. The number of nitrogen functional groups attached to an aromatic ring is 1. The van der Waals surface area contributed by atoms with Gasteiger partial charge in [-0.3, -0.25) is 5.32 Å². The summed E-state index contributed by atoms with van der Waals surface area (Å²) in [6.07, 6.45) is 2.93. The fourth-order valence-electron chi connectivity index (χ4n) is 3.09. The van der Waals surface area contributed by atoms with Crippen LogP contribution in [0.15, 0.2) is 47.4 Å². The van der Waals surface area contributed by atoms with E-state index in [2.05, 4.69) is 31.9 Å². The summed E-state index contributed by atoms with van der Waals surface area (Å²) in [6.45, 7) is 6.01. The second-order valence-corrected chi connectivity index (χ2v) is 7.95. The first-order valence-electron chi connectivity index (χ1n) is 9.44. The number of fused-ring (bicyclic) bond motifs is 1. The number of anilines is 3. The molecule has 0 saturated carbocycles. The van der Waals surface area contributed by atoms with Gasteiger partial charge in [0.1, 0.15) is 17.9 Å². The van der Waals surface area contributed by atoms with Crippen LogP contribution in [0.5, 0.6) is 0 Å². The van der Waals surface area contributed by atoms with Crippen molar-refractivity contribution in [2.75, 3.05) is 16.4 Å². The highest BCUT2D eigenvalue weighted by molar-refractivity contribution is 5.99. The predicted molar refractivity (Wildman–Crippen MR) is 115 cm³/mol. The van der Waals surface area contributed by atoms with E-state index >= 15 is 0 Å². The van der Waals surface area contributed by atoms with E-state index in [1.54, 1.807) is 36.5 Å². The Hall–Kier alpha value is -4.39. The molecule has 0 bridgehead atoms. The van der Waals surface area contributed by atoms with Crippen LogP contribution in [0.25, 0.3) is 16.6 Å². The number of benzene rings is 1. The Bertz CT molecular complexity index is 1310. The van der Waals surface area contributed by atoms with Gasteiger partial charge in [0.05, 0.1) is 11.3 Å². The molecule has 0 atom stereocenters. The standard InChI is InChI=1S/C21H20N8O2/c1-21(2,3)15-8-16(31-28-15)27-20(30)26-14-6-4-12(5-7-14)17-13(9-22)10-29-18(17)19(23)24-11-25-29/h4-8,10-11H,1-3H3,(H2,23,24,25)(H2,26,27,30). The topological polar surface area (TPSA) is 147 Å². The molecule has 156 valence electrons. The van der Waals surface area contributed by atoms with Gasteiger partial charge in [-0.15, -0.1) is 0 Å². The number of aromatic nitrogens is 4. The normalized spacial score (nSPS) is 11.3. The molecule has 4 N–H and O–H groups in total. The number of urea groups is 1. The van der Waals surface area contributed by atoms with Crippen LogP contribution in [0.3, 0.4) is 0 Å². The number of nitrogens with zero attached hydrogens (tertiary/aromatic N) is 5. The molecule has 0 aliphatic heterocycles. The van der Waals surface area contributed by atoms with E-state index in [0.717, 1.165) is 11.3 Å². The number of carbonyl (C=O) groups is 1. The molecule has 0 unspecified atom stereocenters. The SMILES string of the molecule is CC(C)(C)c1cc(NC(=O)Nc2ccc(-c3c(C#N)cn4ncnc(N)c34)cc2)on1. The number of rotatable bonds is 3. The zero-order valence-electron chi connectivity index (χ0n) is 17.2. The molecular weight excluding hydrogens is 396 g/mol. The molecule has 3 heterocycles. The van der Waals surface area contributed by atoms with Crippen LogP contribution < -0.4 is 16.4 Å². The van der Waals surface area contributed by atoms with Gasteiger partial charge in [0.15, 0.2) is 5.82 Å². The summed E-state index contributed by atoms with van der Waals surface area (Å²) in [5.41, 5.74) is 9.47. The first-order chi connectivity index (χ1) is 14.8. The lowest BCUT2D eigenvalue weighted by molar-refractivity contribution is 0.261. The summed E-state index contributed by atoms with van der Waals surface area (Å²) in [4.78, 5) is 16.3. The Morgan fingerprint density at radius 3 is 2.61 bits per heavy atom. The molecule has 10 heteroatoms. The summed E-state index contributed by atoms with van der Waals surface area (Å²) in [5, 5.41) is 22.9. The fraction of sp³-hybridized carbons (Fsp3) is 0.190. The molecule has 4 rings (SSSR count). The molecule has 4 aromatic rings. The number of hydrogen-bond donors (Lipinski definition) is 3. The van der Waals surface area contributed by atoms with Crippen LogP contribution in [-0.2, 0) is 5.41 Å². The van der Waals surface area contributed by atoms with Gasteiger partial charge < -0.3 is 15.6 Å². The van der Waals surface area contributed by atoms with Crippen molar-refractivity contribution < 1.29 is 9.32 Å². The second kappa shape index (κ2) is 7.46. The molecular formula is C21H20N8O2. The average Bonchev–Trinajstić information content (AvgIpc) is 3.33. The minimum atomic E-state index is -0.464. The van der Waals surface area contributed by atoms with Gasteiger partial charge in [-0.25, -0.2) is 14.3 Å². The molecule has 2 amide bonds. The van der Waals surface area contributed by atoms with Gasteiger partial charge in [0.2, 0.25) is 5.88 Å². The van der Waals surface area contributed by atoms with Crippen molar-refractivity contribution in [2.45, 2.75) is 26.2 Å². The van der Waals surface area contributed by atoms with Crippen LogP contribution in [-0.4, -0.2) is 25.8 Å². The van der Waals surface area contributed by atoms with Crippen LogP contribution in [0.2, 0.25) is 0 Å². The molecule has 0 spiro atoms. The molecule has 0 aliphatic rings. The largest absolute Gasteiger partial charge is 0.382 e. The Morgan fingerprint density at radius 2 is 1.97 bits per heavy atom. The Labute approximate surface area is 177 Å². The van der Waals surface area contributed by atoms with Crippen LogP contribution >= 0.6 is 0 Å². The first kappa shape index (κ1) is 19.9. The minimum Gasteiger partial charge on any atom is -0.382 e. The van der Waals surface area contributed by atoms with Gasteiger partial charge in [0.25, 0.3) is 0 Å². The molecule has 10 nitrogen and oxygen atoms in total. The number of carbonyl (C=O) groups excluding carboxylic acids is 1. The number of nitrogens with one attached hydrogen (secondary N) is 2. The van der Waals surface area contributed by atoms with Crippen LogP contribution in [0.4, 0.5) is 22.2 Å². The highest BCUT2D eigenvalue weighted by atomic mass is 16.5. The van der Waals surface area contributed by atoms with Crippen molar-refractivity contribution in [1.82, 2.24) is 19.8 Å². The number of nitriles is 1. The summed E-state index contributed by atoms with van der Waals surface area (Å²) in [5.74, 6) is 0.531. The molecule has 1 aromatic carbocycles. The van der Waals surface area contributed by atoms with Crippen molar-refractivity contribution in [1.29, 1.82) is 5.26 Å². The third kappa shape index (κ3) is 3.89. The highest BCUT2D eigenvalue weighted by Gasteiger charge is 2.20. The van der Waals surface area contributed by atoms with Gasteiger partial charge >= 0.3 is 6.03 Å². The lowest BCUT2D eigenvalue weighted by atomic mass is 9.92. The third-order valence-electron chi connectivity index (χ3n) is 4.67. The Kier molecular flexibility index (Phi) is 4.79. The number of amides is 2. The molecule has 0 radical (unpaired) electrons. The summed E-state index contributed by atoms with van der Waals surface area (Å²) in [7, 11) is 0. The zero-order valence-corrected chi connectivity index (χ0v) is 17.2. The molecule has 3 aromatic heterocycles. The monoisotopic (exact) mass is 416 g/mol. The van der Waals surface area contributed by atoms with Crippen molar-refractivity contribution in [3.8, 4) is 17.2 Å². The van der Waals surface area contributed by atoms with E-state index in [4.69, 9.17) is 10.3 Å². The first-order valence-corrected chi connectivity index (χ1v) is 9.44. The van der Waals surface area contributed by atoms with Crippen molar-refractivity contribution in [3.63, 3.8) is 0 Å². The predicted octanol–water partition coefficient (Wildman–Crippen LogP) is 3.78. The Balaban J connectivity index is 1.53. The van der Waals surface area contributed by atoms with Crippen LogP contribution in [0.1, 0.15) is 32.0 Å². The maximum atomic E-state index is 12.3. The van der Waals surface area contributed by atoms with Gasteiger partial charge in [-0.1, -0.05) is 38.1 Å². The highest BCUT2D eigenvalue weighted by Crippen LogP contribution is 2.32. The molecule has 0 aliphatic carbocycles. The zero-order chi connectivity index (χ0) is 22.2. The summed E-state index contributed by atoms with van der Waals surface area (Å²) >= 11 is 0. The minimum absolute atomic E-state index is 0.185. The quantitative estimate of drug-likeness (QED) is 0.460. The lowest BCUT2D eigenvalue weighted by Gasteiger charge is -2.12. The van der Waals surface area contributed by atoms with Gasteiger partial charge in [-0.2, -0.15) is 10.4 Å². The second-order valence-electron chi connectivity index (χ2n) is 7.95. The smallest absolute Gasteiger partial charge is 0.326 e. The van der Waals surface area contributed by atoms with E-state index in [0.29, 0.717) is 22.3 Å². The maximum absolute atomic E-state index is 12.3. The van der Waals surface area contributed by atoms with E-state index in [-0.39, 0.29) is 17.1 Å². The van der Waals surface area contributed by atoms with Crippen molar-refractivity contribution in [3.05, 3.63) is 54.1 Å². The maximum Gasteiger partial charge on any atom is 0.326 e. The Morgan fingerprint density at radius 1 is 1.23 bits per heavy atom. The molecule has 0 saturated heterocycles. The van der Waals surface area contributed by atoms with Crippen molar-refractivity contribution in [2.24, 2.45) is 0 Å².